The number of fused-ring (bicyclic) bond motifs is 1. The highest BCUT2D eigenvalue weighted by atomic mass is 14.9. The monoisotopic (exact) mass is 245 g/mol. The van der Waals surface area contributed by atoms with Gasteiger partial charge in [-0.2, -0.15) is 0 Å². The third-order valence-corrected chi connectivity index (χ3v) is 4.04. The van der Waals surface area contributed by atoms with Gasteiger partial charge in [0, 0.05) is 6.54 Å². The van der Waals surface area contributed by atoms with Crippen molar-refractivity contribution in [2.45, 2.75) is 64.8 Å². The minimum Gasteiger partial charge on any atom is -0.312 e. The molecule has 0 unspecified atom stereocenters. The third-order valence-electron chi connectivity index (χ3n) is 4.04. The molecular formula is C17H27N. The molecule has 100 valence electrons. The number of aryl methyl sites for hydroxylation is 1. The zero-order valence-corrected chi connectivity index (χ0v) is 11.8. The molecule has 0 radical (unpaired) electrons. The molecule has 0 bridgehead atoms. The van der Waals surface area contributed by atoms with Crippen molar-refractivity contribution in [3.63, 3.8) is 0 Å². The first kappa shape index (κ1) is 13.6. The second-order valence-electron chi connectivity index (χ2n) is 5.50. The fourth-order valence-electron chi connectivity index (χ4n) is 2.92. The van der Waals surface area contributed by atoms with Gasteiger partial charge < -0.3 is 5.32 Å². The second kappa shape index (κ2) is 7.58. The predicted octanol–water partition coefficient (Wildman–Crippen LogP) is 4.24. The zero-order valence-electron chi connectivity index (χ0n) is 11.8. The summed E-state index contributed by atoms with van der Waals surface area (Å²) >= 11 is 0. The van der Waals surface area contributed by atoms with E-state index in [2.05, 4.69) is 30.4 Å². The summed E-state index contributed by atoms with van der Waals surface area (Å²) in [5, 5.41) is 3.50. The second-order valence-corrected chi connectivity index (χ2v) is 5.50. The topological polar surface area (TPSA) is 12.0 Å². The van der Waals surface area contributed by atoms with Gasteiger partial charge >= 0.3 is 0 Å². The lowest BCUT2D eigenvalue weighted by Crippen LogP contribution is -2.24. The standard InChI is InChI=1S/C17H27N/c1-2-3-4-5-6-7-9-15-10-8-11-16-12-13-18-14-17(15)16/h8,10-11,18H,2-7,9,12-14H2,1H3. The highest BCUT2D eigenvalue weighted by molar-refractivity contribution is 5.36. The summed E-state index contributed by atoms with van der Waals surface area (Å²) < 4.78 is 0. The van der Waals surface area contributed by atoms with Gasteiger partial charge in [0.05, 0.1) is 0 Å². The van der Waals surface area contributed by atoms with E-state index in [-0.39, 0.29) is 0 Å². The number of benzene rings is 1. The van der Waals surface area contributed by atoms with Crippen LogP contribution in [0.15, 0.2) is 18.2 Å². The predicted molar refractivity (Wildman–Crippen MR) is 78.9 cm³/mol. The maximum Gasteiger partial charge on any atom is 0.0211 e. The van der Waals surface area contributed by atoms with Gasteiger partial charge in [-0.1, -0.05) is 57.2 Å². The van der Waals surface area contributed by atoms with Crippen LogP contribution in [0.1, 0.15) is 62.1 Å². The molecular weight excluding hydrogens is 218 g/mol. The van der Waals surface area contributed by atoms with E-state index >= 15 is 0 Å². The molecule has 0 spiro atoms. The first-order valence-corrected chi connectivity index (χ1v) is 7.72. The minimum atomic E-state index is 1.08. The molecule has 0 saturated heterocycles. The highest BCUT2D eigenvalue weighted by Gasteiger charge is 2.11. The van der Waals surface area contributed by atoms with Crippen LogP contribution in [-0.2, 0) is 19.4 Å². The quantitative estimate of drug-likeness (QED) is 0.709. The molecule has 1 heterocycles. The fourth-order valence-corrected chi connectivity index (χ4v) is 2.92. The van der Waals surface area contributed by atoms with Crippen molar-refractivity contribution in [1.29, 1.82) is 0 Å². The maximum absolute atomic E-state index is 3.50. The van der Waals surface area contributed by atoms with Crippen LogP contribution < -0.4 is 5.32 Å². The van der Waals surface area contributed by atoms with E-state index in [0.717, 1.165) is 13.1 Å². The average Bonchev–Trinajstić information content (AvgIpc) is 2.43. The summed E-state index contributed by atoms with van der Waals surface area (Å²) in [6.45, 7) is 4.51. The van der Waals surface area contributed by atoms with Crippen LogP contribution in [0.25, 0.3) is 0 Å². The van der Waals surface area contributed by atoms with Gasteiger partial charge in [0.2, 0.25) is 0 Å². The Kier molecular flexibility index (Phi) is 5.73. The Hall–Kier alpha value is -0.820. The summed E-state index contributed by atoms with van der Waals surface area (Å²) in [6.07, 6.45) is 10.8. The Balaban J connectivity index is 1.79. The van der Waals surface area contributed by atoms with Gasteiger partial charge in [-0.25, -0.2) is 0 Å². The SMILES string of the molecule is CCCCCCCCc1cccc2c1CNCC2. The van der Waals surface area contributed by atoms with Gasteiger partial charge in [0.25, 0.3) is 0 Å². The zero-order chi connectivity index (χ0) is 12.6. The van der Waals surface area contributed by atoms with Crippen molar-refractivity contribution < 1.29 is 0 Å². The average molecular weight is 245 g/mol. The van der Waals surface area contributed by atoms with Crippen LogP contribution in [-0.4, -0.2) is 6.54 Å². The maximum atomic E-state index is 3.50. The molecule has 0 fully saturated rings. The third kappa shape index (κ3) is 3.84. The molecule has 0 saturated carbocycles. The minimum absolute atomic E-state index is 1.08. The number of hydrogen-bond acceptors (Lipinski definition) is 1. The van der Waals surface area contributed by atoms with Crippen molar-refractivity contribution >= 4 is 0 Å². The summed E-state index contributed by atoms with van der Waals surface area (Å²) in [7, 11) is 0. The van der Waals surface area contributed by atoms with Gasteiger partial charge in [-0.3, -0.25) is 0 Å². The molecule has 2 rings (SSSR count). The summed E-state index contributed by atoms with van der Waals surface area (Å²) in [5.74, 6) is 0. The van der Waals surface area contributed by atoms with Crippen LogP contribution >= 0.6 is 0 Å². The molecule has 1 heteroatoms. The smallest absolute Gasteiger partial charge is 0.0211 e. The summed E-state index contributed by atoms with van der Waals surface area (Å²) in [4.78, 5) is 0. The Bertz CT molecular complexity index is 357. The van der Waals surface area contributed by atoms with Crippen molar-refractivity contribution in [2.75, 3.05) is 6.54 Å². The van der Waals surface area contributed by atoms with Crippen molar-refractivity contribution in [2.24, 2.45) is 0 Å². The lowest BCUT2D eigenvalue weighted by molar-refractivity contribution is 0.599. The van der Waals surface area contributed by atoms with Gasteiger partial charge in [0.15, 0.2) is 0 Å². The molecule has 1 aliphatic heterocycles. The number of rotatable bonds is 7. The Morgan fingerprint density at radius 2 is 1.89 bits per heavy atom. The lowest BCUT2D eigenvalue weighted by Gasteiger charge is -2.20. The first-order valence-electron chi connectivity index (χ1n) is 7.72. The van der Waals surface area contributed by atoms with Gasteiger partial charge in [-0.15, -0.1) is 0 Å². The Labute approximate surface area is 112 Å². The van der Waals surface area contributed by atoms with Gasteiger partial charge in [-0.05, 0) is 42.5 Å². The Morgan fingerprint density at radius 3 is 2.78 bits per heavy atom. The van der Waals surface area contributed by atoms with E-state index in [0.29, 0.717) is 0 Å². The lowest BCUT2D eigenvalue weighted by atomic mass is 9.93. The molecule has 1 nitrogen and oxygen atoms in total. The van der Waals surface area contributed by atoms with Crippen molar-refractivity contribution in [1.82, 2.24) is 5.32 Å². The van der Waals surface area contributed by atoms with Crippen LogP contribution in [0, 0.1) is 0 Å². The highest BCUT2D eigenvalue weighted by Crippen LogP contribution is 2.20. The Morgan fingerprint density at radius 1 is 1.06 bits per heavy atom. The van der Waals surface area contributed by atoms with E-state index in [9.17, 15) is 0 Å². The molecule has 1 aromatic rings. The molecule has 1 N–H and O–H groups in total. The fraction of sp³-hybridized carbons (Fsp3) is 0.647. The van der Waals surface area contributed by atoms with E-state index in [1.54, 1.807) is 16.7 Å². The molecule has 0 aliphatic carbocycles. The summed E-state index contributed by atoms with van der Waals surface area (Å²) in [5.41, 5.74) is 4.77. The van der Waals surface area contributed by atoms with E-state index < -0.39 is 0 Å². The largest absolute Gasteiger partial charge is 0.312 e. The van der Waals surface area contributed by atoms with Crippen LogP contribution in [0.4, 0.5) is 0 Å². The van der Waals surface area contributed by atoms with Crippen molar-refractivity contribution in [3.8, 4) is 0 Å². The summed E-state index contributed by atoms with van der Waals surface area (Å²) in [6, 6.07) is 6.88. The van der Waals surface area contributed by atoms with Crippen molar-refractivity contribution in [3.05, 3.63) is 34.9 Å². The van der Waals surface area contributed by atoms with E-state index in [4.69, 9.17) is 0 Å². The normalized spacial score (nSPS) is 14.5. The molecule has 18 heavy (non-hydrogen) atoms. The van der Waals surface area contributed by atoms with Crippen LogP contribution in [0.3, 0.4) is 0 Å². The molecule has 0 amide bonds. The molecule has 0 aromatic heterocycles. The molecule has 1 aliphatic rings. The number of hydrogen-bond donors (Lipinski definition) is 1. The number of unbranched alkanes of at least 4 members (excludes halogenated alkanes) is 5. The molecule has 0 atom stereocenters. The van der Waals surface area contributed by atoms with E-state index in [1.165, 1.54) is 51.4 Å². The van der Waals surface area contributed by atoms with Gasteiger partial charge in [0.1, 0.15) is 0 Å². The first-order chi connectivity index (χ1) is 8.92. The van der Waals surface area contributed by atoms with E-state index in [1.807, 2.05) is 0 Å². The molecule has 1 aromatic carbocycles. The van der Waals surface area contributed by atoms with Crippen LogP contribution in [0.2, 0.25) is 0 Å². The number of nitrogens with one attached hydrogen (secondary N) is 1. The van der Waals surface area contributed by atoms with Crippen LogP contribution in [0.5, 0.6) is 0 Å².